The molecule has 2 amide bonds. The lowest BCUT2D eigenvalue weighted by molar-refractivity contribution is 0.192. The molecular weight excluding hydrogens is 312 g/mol. The average Bonchev–Trinajstić information content (AvgIpc) is 3.20. The SMILES string of the molecule is Cc1cccc(C)c1CCNC(=O)N1CCC[C@H]1Cc1ccnn1C. The molecule has 0 radical (unpaired) electrons. The van der Waals surface area contributed by atoms with E-state index in [-0.39, 0.29) is 12.1 Å². The predicted octanol–water partition coefficient (Wildman–Crippen LogP) is 3.00. The number of nitrogens with zero attached hydrogens (tertiary/aromatic N) is 3. The van der Waals surface area contributed by atoms with E-state index in [1.807, 2.05) is 28.9 Å². The molecule has 1 N–H and O–H groups in total. The molecule has 134 valence electrons. The highest BCUT2D eigenvalue weighted by Gasteiger charge is 2.29. The zero-order chi connectivity index (χ0) is 17.8. The van der Waals surface area contributed by atoms with Gasteiger partial charge in [-0.05, 0) is 55.9 Å². The molecule has 0 saturated carbocycles. The number of aromatic nitrogens is 2. The number of aryl methyl sites for hydroxylation is 3. The van der Waals surface area contributed by atoms with Crippen LogP contribution in [0, 0.1) is 13.8 Å². The van der Waals surface area contributed by atoms with E-state index in [9.17, 15) is 4.79 Å². The first kappa shape index (κ1) is 17.5. The fourth-order valence-electron chi connectivity index (χ4n) is 3.80. The molecule has 0 spiro atoms. The van der Waals surface area contributed by atoms with E-state index in [1.165, 1.54) is 22.4 Å². The maximum atomic E-state index is 12.6. The number of hydrogen-bond acceptors (Lipinski definition) is 2. The summed E-state index contributed by atoms with van der Waals surface area (Å²) in [6.07, 6.45) is 5.72. The van der Waals surface area contributed by atoms with Crippen LogP contribution >= 0.6 is 0 Å². The minimum atomic E-state index is 0.0657. The predicted molar refractivity (Wildman–Crippen MR) is 99.7 cm³/mol. The van der Waals surface area contributed by atoms with Crippen molar-refractivity contribution in [1.82, 2.24) is 20.0 Å². The van der Waals surface area contributed by atoms with Crippen molar-refractivity contribution in [2.24, 2.45) is 7.05 Å². The minimum Gasteiger partial charge on any atom is -0.338 e. The van der Waals surface area contributed by atoms with Crippen molar-refractivity contribution in [1.29, 1.82) is 0 Å². The summed E-state index contributed by atoms with van der Waals surface area (Å²) in [6.45, 7) is 5.79. The second-order valence-electron chi connectivity index (χ2n) is 6.99. The Kier molecular flexibility index (Phi) is 5.41. The lowest BCUT2D eigenvalue weighted by atomic mass is 10.0. The van der Waals surface area contributed by atoms with Crippen LogP contribution in [0.3, 0.4) is 0 Å². The Balaban J connectivity index is 1.54. The summed E-state index contributed by atoms with van der Waals surface area (Å²) in [7, 11) is 1.96. The van der Waals surface area contributed by atoms with Gasteiger partial charge >= 0.3 is 6.03 Å². The van der Waals surface area contributed by atoms with Crippen LogP contribution in [0.2, 0.25) is 0 Å². The smallest absolute Gasteiger partial charge is 0.317 e. The second-order valence-corrected chi connectivity index (χ2v) is 6.99. The first-order valence-electron chi connectivity index (χ1n) is 9.12. The van der Waals surface area contributed by atoms with Gasteiger partial charge in [0, 0.05) is 44.5 Å². The first-order valence-corrected chi connectivity index (χ1v) is 9.12. The van der Waals surface area contributed by atoms with Crippen LogP contribution in [0.25, 0.3) is 0 Å². The van der Waals surface area contributed by atoms with Crippen molar-refractivity contribution in [2.45, 2.75) is 45.6 Å². The maximum Gasteiger partial charge on any atom is 0.317 e. The maximum absolute atomic E-state index is 12.6. The Morgan fingerprint density at radius 2 is 2.04 bits per heavy atom. The number of amides is 2. The van der Waals surface area contributed by atoms with E-state index in [1.54, 1.807) is 0 Å². The summed E-state index contributed by atoms with van der Waals surface area (Å²) < 4.78 is 1.90. The van der Waals surface area contributed by atoms with Crippen LogP contribution < -0.4 is 5.32 Å². The second kappa shape index (κ2) is 7.72. The summed E-state index contributed by atoms with van der Waals surface area (Å²) in [5.41, 5.74) is 5.12. The van der Waals surface area contributed by atoms with Gasteiger partial charge in [-0.1, -0.05) is 18.2 Å². The molecule has 0 bridgehead atoms. The molecule has 2 aromatic rings. The van der Waals surface area contributed by atoms with E-state index in [2.05, 4.69) is 42.5 Å². The summed E-state index contributed by atoms with van der Waals surface area (Å²) >= 11 is 0. The van der Waals surface area contributed by atoms with Gasteiger partial charge in [-0.15, -0.1) is 0 Å². The number of urea groups is 1. The van der Waals surface area contributed by atoms with Crippen LogP contribution in [0.4, 0.5) is 4.79 Å². The third kappa shape index (κ3) is 4.03. The minimum absolute atomic E-state index is 0.0657. The monoisotopic (exact) mass is 340 g/mol. The van der Waals surface area contributed by atoms with Gasteiger partial charge in [0.25, 0.3) is 0 Å². The molecule has 25 heavy (non-hydrogen) atoms. The number of carbonyl (C=O) groups excluding carboxylic acids is 1. The molecule has 5 nitrogen and oxygen atoms in total. The average molecular weight is 340 g/mol. The third-order valence-electron chi connectivity index (χ3n) is 5.30. The van der Waals surface area contributed by atoms with Gasteiger partial charge in [0.2, 0.25) is 0 Å². The fraction of sp³-hybridized carbons (Fsp3) is 0.500. The van der Waals surface area contributed by atoms with Crippen molar-refractivity contribution in [3.8, 4) is 0 Å². The van der Waals surface area contributed by atoms with E-state index in [0.29, 0.717) is 6.54 Å². The van der Waals surface area contributed by atoms with Crippen molar-refractivity contribution in [3.05, 3.63) is 52.8 Å². The van der Waals surface area contributed by atoms with Crippen LogP contribution in [0.5, 0.6) is 0 Å². The Morgan fingerprint density at radius 3 is 2.72 bits per heavy atom. The summed E-state index contributed by atoms with van der Waals surface area (Å²) in [4.78, 5) is 14.6. The Labute approximate surface area is 150 Å². The molecule has 0 unspecified atom stereocenters. The molecule has 0 aliphatic carbocycles. The van der Waals surface area contributed by atoms with Gasteiger partial charge in [-0.3, -0.25) is 4.68 Å². The topological polar surface area (TPSA) is 50.2 Å². The Morgan fingerprint density at radius 1 is 1.28 bits per heavy atom. The van der Waals surface area contributed by atoms with Crippen LogP contribution in [-0.4, -0.2) is 39.8 Å². The van der Waals surface area contributed by atoms with Gasteiger partial charge in [0.15, 0.2) is 0 Å². The summed E-state index contributed by atoms with van der Waals surface area (Å²) in [6, 6.07) is 8.73. The first-order chi connectivity index (χ1) is 12.1. The van der Waals surface area contributed by atoms with Gasteiger partial charge < -0.3 is 10.2 Å². The molecule has 1 aliphatic heterocycles. The van der Waals surface area contributed by atoms with Gasteiger partial charge in [0.05, 0.1) is 0 Å². The molecule has 1 saturated heterocycles. The van der Waals surface area contributed by atoms with E-state index < -0.39 is 0 Å². The van der Waals surface area contributed by atoms with E-state index >= 15 is 0 Å². The molecule has 1 aliphatic rings. The molecular formula is C20H28N4O. The molecule has 3 rings (SSSR count). The van der Waals surface area contributed by atoms with Crippen molar-refractivity contribution >= 4 is 6.03 Å². The third-order valence-corrected chi connectivity index (χ3v) is 5.30. The van der Waals surface area contributed by atoms with Crippen LogP contribution in [0.1, 0.15) is 35.2 Å². The Bertz CT molecular complexity index is 717. The highest BCUT2D eigenvalue weighted by Crippen LogP contribution is 2.21. The van der Waals surface area contributed by atoms with Crippen molar-refractivity contribution in [2.75, 3.05) is 13.1 Å². The number of benzene rings is 1. The van der Waals surface area contributed by atoms with Gasteiger partial charge in [-0.25, -0.2) is 4.79 Å². The number of rotatable bonds is 5. The lowest BCUT2D eigenvalue weighted by Gasteiger charge is -2.25. The molecule has 2 heterocycles. The number of carbonyl (C=O) groups is 1. The molecule has 1 atom stereocenters. The quantitative estimate of drug-likeness (QED) is 0.910. The highest BCUT2D eigenvalue weighted by atomic mass is 16.2. The molecule has 1 aromatic carbocycles. The summed E-state index contributed by atoms with van der Waals surface area (Å²) in [5, 5.41) is 7.34. The van der Waals surface area contributed by atoms with Crippen molar-refractivity contribution in [3.63, 3.8) is 0 Å². The standard InChI is InChI=1S/C20H28N4O/c1-15-6-4-7-16(2)19(15)10-11-21-20(25)24-13-5-8-18(24)14-17-9-12-22-23(17)3/h4,6-7,9,12,18H,5,8,10-11,13-14H2,1-3H3,(H,21,25)/t18-/m0/s1. The molecule has 1 fully saturated rings. The zero-order valence-corrected chi connectivity index (χ0v) is 15.5. The van der Waals surface area contributed by atoms with Crippen LogP contribution in [0.15, 0.2) is 30.5 Å². The lowest BCUT2D eigenvalue weighted by Crippen LogP contribution is -2.44. The normalized spacial score (nSPS) is 17.1. The van der Waals surface area contributed by atoms with Crippen LogP contribution in [-0.2, 0) is 19.9 Å². The summed E-state index contributed by atoms with van der Waals surface area (Å²) in [5.74, 6) is 0. The van der Waals surface area contributed by atoms with Gasteiger partial charge in [-0.2, -0.15) is 5.10 Å². The zero-order valence-electron chi connectivity index (χ0n) is 15.5. The molecule has 5 heteroatoms. The largest absolute Gasteiger partial charge is 0.338 e. The number of nitrogens with one attached hydrogen (secondary N) is 1. The van der Waals surface area contributed by atoms with Crippen molar-refractivity contribution < 1.29 is 4.79 Å². The Hall–Kier alpha value is -2.30. The fourth-order valence-corrected chi connectivity index (χ4v) is 3.80. The van der Waals surface area contributed by atoms with E-state index in [0.717, 1.165) is 32.2 Å². The van der Waals surface area contributed by atoms with Gasteiger partial charge in [0.1, 0.15) is 0 Å². The molecule has 1 aromatic heterocycles. The highest BCUT2D eigenvalue weighted by molar-refractivity contribution is 5.74. The number of likely N-dealkylation sites (tertiary alicyclic amines) is 1. The number of hydrogen-bond donors (Lipinski definition) is 1. The van der Waals surface area contributed by atoms with E-state index in [4.69, 9.17) is 0 Å².